The highest BCUT2D eigenvalue weighted by molar-refractivity contribution is 9.10. The van der Waals surface area contributed by atoms with Crippen molar-refractivity contribution in [3.05, 3.63) is 28.2 Å². The molecule has 0 aromatic heterocycles. The fourth-order valence-electron chi connectivity index (χ4n) is 2.02. The highest BCUT2D eigenvalue weighted by Gasteiger charge is 2.13. The molecule has 1 aromatic rings. The molecule has 0 fully saturated rings. The number of hydrogen-bond acceptors (Lipinski definition) is 3. The van der Waals surface area contributed by atoms with E-state index in [0.29, 0.717) is 12.6 Å². The van der Waals surface area contributed by atoms with Gasteiger partial charge in [0.05, 0.1) is 0 Å². The van der Waals surface area contributed by atoms with Crippen molar-refractivity contribution < 1.29 is 0 Å². The third-order valence-electron chi connectivity index (χ3n) is 3.24. The summed E-state index contributed by atoms with van der Waals surface area (Å²) in [7, 11) is 2.18. The number of thioether (sulfide) groups is 1. The van der Waals surface area contributed by atoms with E-state index in [-0.39, 0.29) is 0 Å². The van der Waals surface area contributed by atoms with Crippen molar-refractivity contribution in [2.75, 3.05) is 30.5 Å². The first-order valence-electron chi connectivity index (χ1n) is 6.34. The molecule has 0 bridgehead atoms. The van der Waals surface area contributed by atoms with Crippen LogP contribution in [0.3, 0.4) is 0 Å². The van der Waals surface area contributed by atoms with Gasteiger partial charge in [-0.2, -0.15) is 11.8 Å². The molecule has 2 N–H and O–H groups in total. The van der Waals surface area contributed by atoms with Crippen LogP contribution in [0.25, 0.3) is 0 Å². The van der Waals surface area contributed by atoms with E-state index in [1.807, 2.05) is 11.8 Å². The molecule has 0 amide bonds. The van der Waals surface area contributed by atoms with E-state index < -0.39 is 0 Å². The van der Waals surface area contributed by atoms with Crippen molar-refractivity contribution in [3.63, 3.8) is 0 Å². The molecule has 2 nitrogen and oxygen atoms in total. The summed E-state index contributed by atoms with van der Waals surface area (Å²) in [6.45, 7) is 2.94. The zero-order valence-electron chi connectivity index (χ0n) is 11.4. The van der Waals surface area contributed by atoms with Crippen LogP contribution in [0, 0.1) is 0 Å². The van der Waals surface area contributed by atoms with Crippen molar-refractivity contribution in [2.24, 2.45) is 5.73 Å². The second-order valence-electron chi connectivity index (χ2n) is 4.44. The molecule has 18 heavy (non-hydrogen) atoms. The summed E-state index contributed by atoms with van der Waals surface area (Å²) in [6.07, 6.45) is 4.25. The smallest absolute Gasteiger partial charge is 0.0377 e. The van der Waals surface area contributed by atoms with Crippen LogP contribution in [0.5, 0.6) is 0 Å². The van der Waals surface area contributed by atoms with E-state index in [4.69, 9.17) is 5.73 Å². The van der Waals surface area contributed by atoms with Gasteiger partial charge in [-0.1, -0.05) is 28.9 Å². The Hall–Kier alpha value is -0.190. The number of nitrogens with zero attached hydrogens (tertiary/aromatic N) is 1. The first-order valence-corrected chi connectivity index (χ1v) is 8.53. The maximum absolute atomic E-state index is 5.60. The highest BCUT2D eigenvalue weighted by Crippen LogP contribution is 2.26. The summed E-state index contributed by atoms with van der Waals surface area (Å²) in [5.74, 6) is 1.16. The second kappa shape index (κ2) is 8.08. The fraction of sp³-hybridized carbons (Fsp3) is 0.571. The van der Waals surface area contributed by atoms with Gasteiger partial charge < -0.3 is 10.6 Å². The van der Waals surface area contributed by atoms with Gasteiger partial charge in [-0.15, -0.1) is 0 Å². The molecule has 0 spiro atoms. The molecule has 0 aliphatic rings. The quantitative estimate of drug-likeness (QED) is 0.829. The summed E-state index contributed by atoms with van der Waals surface area (Å²) in [6, 6.07) is 7.16. The van der Waals surface area contributed by atoms with Gasteiger partial charge in [0.15, 0.2) is 0 Å². The van der Waals surface area contributed by atoms with Gasteiger partial charge >= 0.3 is 0 Å². The number of nitrogens with two attached hydrogens (primary N) is 1. The molecule has 0 radical (unpaired) electrons. The molecule has 0 aliphatic carbocycles. The average molecular weight is 331 g/mol. The number of hydrogen-bond donors (Lipinski definition) is 1. The SMILES string of the molecule is CCC(CSC)N(C)c1ccc(CCN)c(Br)c1. The van der Waals surface area contributed by atoms with Gasteiger partial charge in [0, 0.05) is 29.0 Å². The summed E-state index contributed by atoms with van der Waals surface area (Å²) in [4.78, 5) is 2.37. The largest absolute Gasteiger partial charge is 0.371 e. The predicted molar refractivity (Wildman–Crippen MR) is 87.8 cm³/mol. The van der Waals surface area contributed by atoms with Gasteiger partial charge in [0.2, 0.25) is 0 Å². The molecule has 1 unspecified atom stereocenters. The van der Waals surface area contributed by atoms with E-state index in [2.05, 4.69) is 59.3 Å². The van der Waals surface area contributed by atoms with Crippen LogP contribution in [0.2, 0.25) is 0 Å². The minimum atomic E-state index is 0.590. The monoisotopic (exact) mass is 330 g/mol. The van der Waals surface area contributed by atoms with E-state index >= 15 is 0 Å². The molecule has 4 heteroatoms. The molecule has 1 aromatic carbocycles. The standard InChI is InChI=1S/C14H23BrN2S/c1-4-12(10-18-3)17(2)13-6-5-11(7-8-16)14(15)9-13/h5-6,9,12H,4,7-8,10,16H2,1-3H3. The molecular weight excluding hydrogens is 308 g/mol. The second-order valence-corrected chi connectivity index (χ2v) is 6.21. The molecule has 1 atom stereocenters. The van der Waals surface area contributed by atoms with E-state index in [1.54, 1.807) is 0 Å². The third-order valence-corrected chi connectivity index (χ3v) is 4.69. The van der Waals surface area contributed by atoms with Crippen LogP contribution in [-0.4, -0.2) is 31.6 Å². The van der Waals surface area contributed by atoms with Crippen LogP contribution in [0.1, 0.15) is 18.9 Å². The lowest BCUT2D eigenvalue weighted by Crippen LogP contribution is -2.33. The topological polar surface area (TPSA) is 29.3 Å². The number of benzene rings is 1. The maximum atomic E-state index is 5.60. The van der Waals surface area contributed by atoms with Crippen LogP contribution >= 0.6 is 27.7 Å². The van der Waals surface area contributed by atoms with Crippen molar-refractivity contribution in [2.45, 2.75) is 25.8 Å². The minimum Gasteiger partial charge on any atom is -0.371 e. The third kappa shape index (κ3) is 4.18. The minimum absolute atomic E-state index is 0.590. The first-order chi connectivity index (χ1) is 8.63. The summed E-state index contributed by atoms with van der Waals surface area (Å²) >= 11 is 5.54. The van der Waals surface area contributed by atoms with Gasteiger partial charge in [0.25, 0.3) is 0 Å². The molecule has 1 rings (SSSR count). The Morgan fingerprint density at radius 3 is 2.67 bits per heavy atom. The van der Waals surface area contributed by atoms with E-state index in [0.717, 1.165) is 16.6 Å². The lowest BCUT2D eigenvalue weighted by atomic mass is 10.1. The van der Waals surface area contributed by atoms with Crippen molar-refractivity contribution in [1.82, 2.24) is 0 Å². The van der Waals surface area contributed by atoms with E-state index in [1.165, 1.54) is 17.7 Å². The van der Waals surface area contributed by atoms with Crippen molar-refractivity contribution >= 4 is 33.4 Å². The molecule has 102 valence electrons. The lowest BCUT2D eigenvalue weighted by molar-refractivity contribution is 0.673. The van der Waals surface area contributed by atoms with Crippen LogP contribution in [-0.2, 0) is 6.42 Å². The van der Waals surface area contributed by atoms with Crippen molar-refractivity contribution in [1.29, 1.82) is 0 Å². The fourth-order valence-corrected chi connectivity index (χ4v) is 3.43. The molecular formula is C14H23BrN2S. The molecule has 0 saturated heterocycles. The zero-order chi connectivity index (χ0) is 13.5. The molecule has 0 aliphatic heterocycles. The number of rotatable bonds is 7. The van der Waals surface area contributed by atoms with Gasteiger partial charge in [-0.25, -0.2) is 0 Å². The maximum Gasteiger partial charge on any atom is 0.0377 e. The number of anilines is 1. The Labute approximate surface area is 123 Å². The van der Waals surface area contributed by atoms with Gasteiger partial charge in [-0.3, -0.25) is 0 Å². The van der Waals surface area contributed by atoms with Gasteiger partial charge in [-0.05, 0) is 43.3 Å². The Morgan fingerprint density at radius 2 is 2.17 bits per heavy atom. The first kappa shape index (κ1) is 15.9. The lowest BCUT2D eigenvalue weighted by Gasteiger charge is -2.29. The summed E-state index contributed by atoms with van der Waals surface area (Å²) < 4.78 is 1.16. The normalized spacial score (nSPS) is 12.5. The summed E-state index contributed by atoms with van der Waals surface area (Å²) in [5.41, 5.74) is 8.15. The molecule has 0 heterocycles. The number of halogens is 1. The van der Waals surface area contributed by atoms with Crippen molar-refractivity contribution in [3.8, 4) is 0 Å². The predicted octanol–water partition coefficient (Wildman–Crippen LogP) is 3.53. The Balaban J connectivity index is 2.85. The molecule has 0 saturated carbocycles. The highest BCUT2D eigenvalue weighted by atomic mass is 79.9. The van der Waals surface area contributed by atoms with Crippen LogP contribution < -0.4 is 10.6 Å². The van der Waals surface area contributed by atoms with Crippen LogP contribution in [0.4, 0.5) is 5.69 Å². The summed E-state index contributed by atoms with van der Waals surface area (Å²) in [5, 5.41) is 0. The Kier molecular flexibility index (Phi) is 7.12. The Bertz CT molecular complexity index is 371. The Morgan fingerprint density at radius 1 is 1.44 bits per heavy atom. The van der Waals surface area contributed by atoms with Gasteiger partial charge in [0.1, 0.15) is 0 Å². The van der Waals surface area contributed by atoms with E-state index in [9.17, 15) is 0 Å². The zero-order valence-corrected chi connectivity index (χ0v) is 13.9. The average Bonchev–Trinajstić information content (AvgIpc) is 2.37. The van der Waals surface area contributed by atoms with Crippen LogP contribution in [0.15, 0.2) is 22.7 Å².